The van der Waals surface area contributed by atoms with Crippen LogP contribution in [-0.4, -0.2) is 50.1 Å². The third-order valence-corrected chi connectivity index (χ3v) is 5.13. The molecule has 0 bridgehead atoms. The Hall–Kier alpha value is -2.04. The first-order valence-electron chi connectivity index (χ1n) is 9.64. The predicted octanol–water partition coefficient (Wildman–Crippen LogP) is 3.00. The van der Waals surface area contributed by atoms with Gasteiger partial charge >= 0.3 is 5.97 Å². The van der Waals surface area contributed by atoms with Gasteiger partial charge in [0, 0.05) is 26.2 Å². The minimum Gasteiger partial charge on any atom is -0.469 e. The molecule has 0 aliphatic carbocycles. The first-order chi connectivity index (χ1) is 12.5. The van der Waals surface area contributed by atoms with Gasteiger partial charge in [-0.1, -0.05) is 17.7 Å². The minimum absolute atomic E-state index is 0.0250. The van der Waals surface area contributed by atoms with Crippen molar-refractivity contribution in [2.45, 2.75) is 47.0 Å². The number of benzene rings is 1. The molecule has 0 saturated carbocycles. The van der Waals surface area contributed by atoms with Crippen molar-refractivity contribution in [3.05, 3.63) is 34.4 Å². The number of nitrogens with zero attached hydrogens (tertiary/aromatic N) is 2. The van der Waals surface area contributed by atoms with Crippen LogP contribution in [0.15, 0.2) is 17.1 Å². The van der Waals surface area contributed by atoms with E-state index in [1.54, 1.807) is 0 Å². The van der Waals surface area contributed by atoms with Crippen LogP contribution in [0.1, 0.15) is 42.0 Å². The molecule has 1 heterocycles. The zero-order valence-corrected chi connectivity index (χ0v) is 16.9. The van der Waals surface area contributed by atoms with Gasteiger partial charge in [0.05, 0.1) is 13.0 Å². The highest BCUT2D eigenvalue weighted by molar-refractivity contribution is 5.80. The Labute approximate surface area is 157 Å². The van der Waals surface area contributed by atoms with Crippen LogP contribution in [0.3, 0.4) is 0 Å². The van der Waals surface area contributed by atoms with Crippen molar-refractivity contribution in [2.75, 3.05) is 33.3 Å². The summed E-state index contributed by atoms with van der Waals surface area (Å²) in [6.45, 7) is 11.9. The second-order valence-electron chi connectivity index (χ2n) is 7.15. The SMILES string of the molecule is CCNC(=NCCc1c(C)cc(C)cc1C)N1CCC(C(=O)OC)CC1. The van der Waals surface area contributed by atoms with Gasteiger partial charge in [-0.05, 0) is 63.6 Å². The van der Waals surface area contributed by atoms with Gasteiger partial charge in [-0.25, -0.2) is 0 Å². The van der Waals surface area contributed by atoms with Crippen LogP contribution in [0.25, 0.3) is 0 Å². The topological polar surface area (TPSA) is 53.9 Å². The van der Waals surface area contributed by atoms with Gasteiger partial charge in [0.15, 0.2) is 5.96 Å². The first kappa shape index (κ1) is 20.3. The quantitative estimate of drug-likeness (QED) is 0.499. The summed E-state index contributed by atoms with van der Waals surface area (Å²) in [6.07, 6.45) is 2.60. The lowest BCUT2D eigenvalue weighted by atomic mass is 9.97. The van der Waals surface area contributed by atoms with Crippen LogP contribution in [0.2, 0.25) is 0 Å². The maximum Gasteiger partial charge on any atom is 0.308 e. The van der Waals surface area contributed by atoms with Gasteiger partial charge in [0.1, 0.15) is 0 Å². The van der Waals surface area contributed by atoms with E-state index in [1.807, 2.05) is 0 Å². The smallest absolute Gasteiger partial charge is 0.308 e. The molecule has 0 aromatic heterocycles. The molecule has 1 aromatic rings. The van der Waals surface area contributed by atoms with Crippen LogP contribution in [0, 0.1) is 26.7 Å². The molecule has 1 aliphatic heterocycles. The molecule has 1 aliphatic rings. The molecule has 1 N–H and O–H groups in total. The van der Waals surface area contributed by atoms with E-state index in [4.69, 9.17) is 9.73 Å². The standard InChI is InChI=1S/C21H33N3O2/c1-6-22-21(24-11-8-18(9-12-24)20(25)26-5)23-10-7-19-16(3)13-15(2)14-17(19)4/h13-14,18H,6-12H2,1-5H3,(H,22,23). The van der Waals surface area contributed by atoms with Crippen molar-refractivity contribution in [2.24, 2.45) is 10.9 Å². The number of aryl methyl sites for hydroxylation is 3. The first-order valence-corrected chi connectivity index (χ1v) is 9.64. The number of guanidine groups is 1. The van der Waals surface area contributed by atoms with Crippen molar-refractivity contribution < 1.29 is 9.53 Å². The van der Waals surface area contributed by atoms with E-state index in [9.17, 15) is 4.79 Å². The van der Waals surface area contributed by atoms with Gasteiger partial charge in [0.25, 0.3) is 0 Å². The molecule has 2 rings (SSSR count). The van der Waals surface area contributed by atoms with Crippen LogP contribution in [0.4, 0.5) is 0 Å². The normalized spacial score (nSPS) is 15.9. The highest BCUT2D eigenvalue weighted by Crippen LogP contribution is 2.19. The average Bonchev–Trinajstić information content (AvgIpc) is 2.62. The molecule has 0 amide bonds. The Morgan fingerprint density at radius 1 is 1.23 bits per heavy atom. The number of likely N-dealkylation sites (tertiary alicyclic amines) is 1. The summed E-state index contributed by atoms with van der Waals surface area (Å²) in [6, 6.07) is 4.49. The van der Waals surface area contributed by atoms with Crippen molar-refractivity contribution in [1.82, 2.24) is 10.2 Å². The molecule has 144 valence electrons. The third kappa shape index (κ3) is 5.23. The molecule has 1 fully saturated rings. The van der Waals surface area contributed by atoms with Crippen molar-refractivity contribution in [3.8, 4) is 0 Å². The second kappa shape index (κ2) is 9.60. The molecule has 5 heteroatoms. The van der Waals surface area contributed by atoms with E-state index in [-0.39, 0.29) is 11.9 Å². The molecule has 5 nitrogen and oxygen atoms in total. The number of nitrogens with one attached hydrogen (secondary N) is 1. The van der Waals surface area contributed by atoms with E-state index < -0.39 is 0 Å². The summed E-state index contributed by atoms with van der Waals surface area (Å²) in [4.78, 5) is 18.8. The Morgan fingerprint density at radius 2 is 1.85 bits per heavy atom. The van der Waals surface area contributed by atoms with E-state index in [2.05, 4.69) is 50.0 Å². The number of methoxy groups -OCH3 is 1. The molecule has 0 unspecified atom stereocenters. The monoisotopic (exact) mass is 359 g/mol. The molecule has 0 atom stereocenters. The van der Waals surface area contributed by atoms with E-state index >= 15 is 0 Å². The number of piperidine rings is 1. The highest BCUT2D eigenvalue weighted by atomic mass is 16.5. The lowest BCUT2D eigenvalue weighted by Gasteiger charge is -2.33. The average molecular weight is 360 g/mol. The maximum atomic E-state index is 11.7. The van der Waals surface area contributed by atoms with Gasteiger partial charge in [-0.2, -0.15) is 0 Å². The number of carbonyl (C=O) groups excluding carboxylic acids is 1. The highest BCUT2D eigenvalue weighted by Gasteiger charge is 2.26. The zero-order chi connectivity index (χ0) is 19.1. The van der Waals surface area contributed by atoms with E-state index in [0.717, 1.165) is 51.4 Å². The summed E-state index contributed by atoms with van der Waals surface area (Å²) in [5.74, 6) is 0.895. The van der Waals surface area contributed by atoms with E-state index in [0.29, 0.717) is 0 Å². The number of aliphatic imine (C=N–C) groups is 1. The molecule has 0 spiro atoms. The number of ether oxygens (including phenoxy) is 1. The lowest BCUT2D eigenvalue weighted by Crippen LogP contribution is -2.46. The Balaban J connectivity index is 1.98. The van der Waals surface area contributed by atoms with Gasteiger partial charge in [0.2, 0.25) is 0 Å². The fraction of sp³-hybridized carbons (Fsp3) is 0.619. The van der Waals surface area contributed by atoms with Crippen molar-refractivity contribution >= 4 is 11.9 Å². The predicted molar refractivity (Wildman–Crippen MR) is 107 cm³/mol. The van der Waals surface area contributed by atoms with Crippen LogP contribution in [-0.2, 0) is 16.0 Å². The maximum absolute atomic E-state index is 11.7. The molecular weight excluding hydrogens is 326 g/mol. The van der Waals surface area contributed by atoms with E-state index in [1.165, 1.54) is 29.4 Å². The van der Waals surface area contributed by atoms with Gasteiger partial charge in [-0.15, -0.1) is 0 Å². The minimum atomic E-state index is -0.0862. The van der Waals surface area contributed by atoms with Crippen LogP contribution in [0.5, 0.6) is 0 Å². The number of rotatable bonds is 5. The number of carbonyl (C=O) groups is 1. The second-order valence-corrected chi connectivity index (χ2v) is 7.15. The van der Waals surface area contributed by atoms with Crippen molar-refractivity contribution in [1.29, 1.82) is 0 Å². The molecule has 0 radical (unpaired) electrons. The summed E-state index contributed by atoms with van der Waals surface area (Å²) in [7, 11) is 1.47. The molecule has 1 aromatic carbocycles. The Kier molecular flexibility index (Phi) is 7.49. The number of hydrogen-bond acceptors (Lipinski definition) is 3. The molecular formula is C21H33N3O2. The largest absolute Gasteiger partial charge is 0.469 e. The van der Waals surface area contributed by atoms with Gasteiger partial charge in [-0.3, -0.25) is 9.79 Å². The van der Waals surface area contributed by atoms with Crippen LogP contribution < -0.4 is 5.32 Å². The van der Waals surface area contributed by atoms with Gasteiger partial charge < -0.3 is 15.0 Å². The Bertz CT molecular complexity index is 624. The van der Waals surface area contributed by atoms with Crippen LogP contribution >= 0.6 is 0 Å². The lowest BCUT2D eigenvalue weighted by molar-refractivity contribution is -0.146. The van der Waals surface area contributed by atoms with Crippen molar-refractivity contribution in [3.63, 3.8) is 0 Å². The summed E-state index contributed by atoms with van der Waals surface area (Å²) >= 11 is 0. The Morgan fingerprint density at radius 3 is 2.38 bits per heavy atom. The third-order valence-electron chi connectivity index (χ3n) is 5.13. The zero-order valence-electron chi connectivity index (χ0n) is 16.9. The summed E-state index contributed by atoms with van der Waals surface area (Å²) in [5.41, 5.74) is 5.41. The number of esters is 1. The fourth-order valence-corrected chi connectivity index (χ4v) is 3.80. The molecule has 26 heavy (non-hydrogen) atoms. The summed E-state index contributed by atoms with van der Waals surface area (Å²) in [5, 5.41) is 3.39. The number of hydrogen-bond donors (Lipinski definition) is 1. The summed E-state index contributed by atoms with van der Waals surface area (Å²) < 4.78 is 4.87. The fourth-order valence-electron chi connectivity index (χ4n) is 3.80. The molecule has 1 saturated heterocycles.